The van der Waals surface area contributed by atoms with Crippen LogP contribution in [0.1, 0.15) is 24.6 Å². The van der Waals surface area contributed by atoms with Crippen LogP contribution in [0.4, 0.5) is 0 Å². The molecule has 1 amide bonds. The molecule has 82 valence electrons. The van der Waals surface area contributed by atoms with E-state index in [-0.39, 0.29) is 11.9 Å². The van der Waals surface area contributed by atoms with Crippen LogP contribution in [0.5, 0.6) is 0 Å². The van der Waals surface area contributed by atoms with Crippen molar-refractivity contribution in [1.82, 2.24) is 20.6 Å². The molecule has 0 aromatic carbocycles. The molecule has 0 radical (unpaired) electrons. The van der Waals surface area contributed by atoms with Crippen LogP contribution >= 0.6 is 0 Å². The van der Waals surface area contributed by atoms with Crippen molar-refractivity contribution in [2.24, 2.45) is 0 Å². The molecule has 2 aliphatic rings. The maximum absolute atomic E-state index is 11.6. The van der Waals surface area contributed by atoms with Gasteiger partial charge in [-0.25, -0.2) is 9.97 Å². The minimum Gasteiger partial charge on any atom is -0.379 e. The van der Waals surface area contributed by atoms with Gasteiger partial charge in [-0.3, -0.25) is 4.79 Å². The summed E-state index contributed by atoms with van der Waals surface area (Å²) in [4.78, 5) is 19.7. The molecule has 3 rings (SSSR count). The zero-order valence-corrected chi connectivity index (χ0v) is 8.73. The summed E-state index contributed by atoms with van der Waals surface area (Å²) in [5.41, 5.74) is 2.90. The molecule has 0 fully saturated rings. The predicted molar refractivity (Wildman–Crippen MR) is 57.2 cm³/mol. The molecular weight excluding hydrogens is 204 g/mol. The van der Waals surface area contributed by atoms with Crippen molar-refractivity contribution >= 4 is 5.91 Å². The average Bonchev–Trinajstić information content (AvgIpc) is 2.76. The standard InChI is InChI=1S/C11H12N4O/c16-11-7-5-10(9-1-3-12-6-14-9)15-8(7)2-4-13-11/h1,3,6,10,15H,2,4-5H2,(H,13,16). The highest BCUT2D eigenvalue weighted by atomic mass is 16.1. The molecule has 0 spiro atoms. The lowest BCUT2D eigenvalue weighted by molar-refractivity contribution is -0.117. The number of rotatable bonds is 1. The molecule has 2 aliphatic heterocycles. The van der Waals surface area contributed by atoms with E-state index in [4.69, 9.17) is 0 Å². The highest BCUT2D eigenvalue weighted by Crippen LogP contribution is 2.31. The Labute approximate surface area is 93.0 Å². The topological polar surface area (TPSA) is 66.9 Å². The zero-order valence-electron chi connectivity index (χ0n) is 8.73. The van der Waals surface area contributed by atoms with E-state index in [1.54, 1.807) is 6.20 Å². The summed E-state index contributed by atoms with van der Waals surface area (Å²) in [5, 5.41) is 6.22. The third kappa shape index (κ3) is 1.44. The summed E-state index contributed by atoms with van der Waals surface area (Å²) >= 11 is 0. The fraction of sp³-hybridized carbons (Fsp3) is 0.364. The predicted octanol–water partition coefficient (Wildman–Crippen LogP) is 0.285. The summed E-state index contributed by atoms with van der Waals surface area (Å²) in [5.74, 6) is 0.0605. The second kappa shape index (κ2) is 3.59. The molecule has 0 aliphatic carbocycles. The fourth-order valence-electron chi connectivity index (χ4n) is 2.22. The third-order valence-corrected chi connectivity index (χ3v) is 3.02. The van der Waals surface area contributed by atoms with Crippen molar-refractivity contribution in [3.63, 3.8) is 0 Å². The Bertz CT molecular complexity index is 454. The van der Waals surface area contributed by atoms with E-state index in [1.807, 2.05) is 6.07 Å². The first kappa shape index (κ1) is 9.33. The molecule has 1 aromatic heterocycles. The van der Waals surface area contributed by atoms with Crippen LogP contribution in [-0.4, -0.2) is 22.4 Å². The van der Waals surface area contributed by atoms with E-state index in [0.29, 0.717) is 0 Å². The molecule has 5 nitrogen and oxygen atoms in total. The van der Waals surface area contributed by atoms with Crippen LogP contribution in [-0.2, 0) is 4.79 Å². The second-order valence-corrected chi connectivity index (χ2v) is 4.00. The molecule has 1 aromatic rings. The number of hydrogen-bond acceptors (Lipinski definition) is 4. The molecule has 2 N–H and O–H groups in total. The number of aromatic nitrogens is 2. The number of amides is 1. The maximum Gasteiger partial charge on any atom is 0.249 e. The summed E-state index contributed by atoms with van der Waals surface area (Å²) < 4.78 is 0. The van der Waals surface area contributed by atoms with E-state index >= 15 is 0 Å². The summed E-state index contributed by atoms with van der Waals surface area (Å²) in [6.07, 6.45) is 4.87. The lowest BCUT2D eigenvalue weighted by Crippen LogP contribution is -2.31. The number of nitrogens with one attached hydrogen (secondary N) is 2. The van der Waals surface area contributed by atoms with E-state index in [1.165, 1.54) is 6.33 Å². The van der Waals surface area contributed by atoms with Gasteiger partial charge in [-0.1, -0.05) is 0 Å². The van der Waals surface area contributed by atoms with Crippen molar-refractivity contribution in [3.05, 3.63) is 35.6 Å². The monoisotopic (exact) mass is 216 g/mol. The van der Waals surface area contributed by atoms with Gasteiger partial charge in [0.15, 0.2) is 0 Å². The van der Waals surface area contributed by atoms with Gasteiger partial charge in [-0.2, -0.15) is 0 Å². The molecule has 3 heterocycles. The van der Waals surface area contributed by atoms with Gasteiger partial charge in [0.1, 0.15) is 6.33 Å². The van der Waals surface area contributed by atoms with Gasteiger partial charge in [0.25, 0.3) is 0 Å². The summed E-state index contributed by atoms with van der Waals surface area (Å²) in [6.45, 7) is 0.723. The van der Waals surface area contributed by atoms with Crippen molar-refractivity contribution in [2.45, 2.75) is 18.9 Å². The Hall–Kier alpha value is -1.91. The molecule has 0 bridgehead atoms. The minimum absolute atomic E-state index is 0.0605. The van der Waals surface area contributed by atoms with Crippen LogP contribution in [0, 0.1) is 0 Å². The van der Waals surface area contributed by atoms with Gasteiger partial charge in [0.2, 0.25) is 5.91 Å². The molecular formula is C11H12N4O. The maximum atomic E-state index is 11.6. The molecule has 1 unspecified atom stereocenters. The quantitative estimate of drug-likeness (QED) is 0.708. The Morgan fingerprint density at radius 2 is 2.38 bits per heavy atom. The molecule has 5 heteroatoms. The third-order valence-electron chi connectivity index (χ3n) is 3.02. The van der Waals surface area contributed by atoms with E-state index in [9.17, 15) is 4.79 Å². The first-order chi connectivity index (χ1) is 7.84. The number of carbonyl (C=O) groups is 1. The van der Waals surface area contributed by atoms with Gasteiger partial charge in [-0.05, 0) is 6.07 Å². The lowest BCUT2D eigenvalue weighted by atomic mass is 10.0. The minimum atomic E-state index is 0.0605. The summed E-state index contributed by atoms with van der Waals surface area (Å²) in [7, 11) is 0. The first-order valence-electron chi connectivity index (χ1n) is 5.37. The highest BCUT2D eigenvalue weighted by Gasteiger charge is 2.31. The molecule has 16 heavy (non-hydrogen) atoms. The van der Waals surface area contributed by atoms with Gasteiger partial charge < -0.3 is 10.6 Å². The van der Waals surface area contributed by atoms with Crippen LogP contribution in [0.3, 0.4) is 0 Å². The van der Waals surface area contributed by atoms with E-state index in [0.717, 1.165) is 36.4 Å². The smallest absolute Gasteiger partial charge is 0.249 e. The number of nitrogens with zero attached hydrogens (tertiary/aromatic N) is 2. The van der Waals surface area contributed by atoms with Gasteiger partial charge in [-0.15, -0.1) is 0 Å². The molecule has 0 saturated heterocycles. The van der Waals surface area contributed by atoms with Gasteiger partial charge >= 0.3 is 0 Å². The largest absolute Gasteiger partial charge is 0.379 e. The van der Waals surface area contributed by atoms with Crippen LogP contribution < -0.4 is 10.6 Å². The Morgan fingerprint density at radius 3 is 3.12 bits per heavy atom. The number of carbonyl (C=O) groups excluding carboxylic acids is 1. The van der Waals surface area contributed by atoms with Crippen molar-refractivity contribution in [1.29, 1.82) is 0 Å². The normalized spacial score (nSPS) is 23.8. The van der Waals surface area contributed by atoms with E-state index < -0.39 is 0 Å². The zero-order chi connectivity index (χ0) is 11.0. The van der Waals surface area contributed by atoms with Gasteiger partial charge in [0.05, 0.1) is 11.7 Å². The Balaban J connectivity index is 1.84. The van der Waals surface area contributed by atoms with Crippen molar-refractivity contribution in [2.75, 3.05) is 6.54 Å². The first-order valence-corrected chi connectivity index (χ1v) is 5.37. The average molecular weight is 216 g/mol. The second-order valence-electron chi connectivity index (χ2n) is 4.00. The Morgan fingerprint density at radius 1 is 1.44 bits per heavy atom. The van der Waals surface area contributed by atoms with Crippen molar-refractivity contribution < 1.29 is 4.79 Å². The van der Waals surface area contributed by atoms with Crippen LogP contribution in [0.2, 0.25) is 0 Å². The van der Waals surface area contributed by atoms with Crippen molar-refractivity contribution in [3.8, 4) is 0 Å². The van der Waals surface area contributed by atoms with E-state index in [2.05, 4.69) is 20.6 Å². The van der Waals surface area contributed by atoms with Crippen LogP contribution in [0.15, 0.2) is 29.9 Å². The van der Waals surface area contributed by atoms with Gasteiger partial charge in [0, 0.05) is 36.9 Å². The lowest BCUT2D eigenvalue weighted by Gasteiger charge is -2.14. The number of hydrogen-bond donors (Lipinski definition) is 2. The Kier molecular flexibility index (Phi) is 2.09. The highest BCUT2D eigenvalue weighted by molar-refractivity contribution is 5.95. The fourth-order valence-corrected chi connectivity index (χ4v) is 2.22. The SMILES string of the molecule is O=C1NCCC2=C1CC(c1ccncn1)N2. The van der Waals surface area contributed by atoms with Crippen LogP contribution in [0.25, 0.3) is 0 Å². The molecule has 1 atom stereocenters. The molecule has 0 saturated carbocycles. The summed E-state index contributed by atoms with van der Waals surface area (Å²) in [6, 6.07) is 2.01.